The third-order valence-electron chi connectivity index (χ3n) is 4.18. The first-order chi connectivity index (χ1) is 11.2. The minimum absolute atomic E-state index is 0.174. The van der Waals surface area contributed by atoms with Crippen molar-refractivity contribution in [3.05, 3.63) is 54.1 Å². The molecule has 0 aromatic heterocycles. The van der Waals surface area contributed by atoms with E-state index in [1.54, 1.807) is 24.3 Å². The molecule has 4 heteroatoms. The summed E-state index contributed by atoms with van der Waals surface area (Å²) in [7, 11) is 0. The van der Waals surface area contributed by atoms with E-state index in [1.807, 2.05) is 24.3 Å². The molecule has 0 aliphatic heterocycles. The SMILES string of the molecule is Nc1ccccc1NC(=O)c1ccc(OC2CCCCC2)cc1. The Morgan fingerprint density at radius 2 is 1.70 bits per heavy atom. The van der Waals surface area contributed by atoms with Crippen LogP contribution in [-0.4, -0.2) is 12.0 Å². The summed E-state index contributed by atoms with van der Waals surface area (Å²) in [6.07, 6.45) is 6.34. The smallest absolute Gasteiger partial charge is 0.255 e. The number of benzene rings is 2. The van der Waals surface area contributed by atoms with Gasteiger partial charge in [-0.1, -0.05) is 18.6 Å². The van der Waals surface area contributed by atoms with Crippen LogP contribution in [0.4, 0.5) is 11.4 Å². The van der Waals surface area contributed by atoms with Gasteiger partial charge in [-0.25, -0.2) is 0 Å². The van der Waals surface area contributed by atoms with E-state index in [2.05, 4.69) is 5.32 Å². The summed E-state index contributed by atoms with van der Waals surface area (Å²) in [5.74, 6) is 0.653. The maximum atomic E-state index is 12.3. The van der Waals surface area contributed by atoms with E-state index in [0.29, 0.717) is 23.0 Å². The number of nitrogens with one attached hydrogen (secondary N) is 1. The first kappa shape index (κ1) is 15.4. The van der Waals surface area contributed by atoms with E-state index in [1.165, 1.54) is 19.3 Å². The zero-order chi connectivity index (χ0) is 16.1. The molecule has 0 heterocycles. The van der Waals surface area contributed by atoms with Gasteiger partial charge in [0, 0.05) is 5.56 Å². The van der Waals surface area contributed by atoms with E-state index in [-0.39, 0.29) is 5.91 Å². The van der Waals surface area contributed by atoms with Crippen LogP contribution in [-0.2, 0) is 0 Å². The van der Waals surface area contributed by atoms with Crippen molar-refractivity contribution in [1.29, 1.82) is 0 Å². The van der Waals surface area contributed by atoms with Crippen molar-refractivity contribution < 1.29 is 9.53 Å². The molecule has 0 atom stereocenters. The number of carbonyl (C=O) groups excluding carboxylic acids is 1. The summed E-state index contributed by atoms with van der Waals surface area (Å²) in [6, 6.07) is 14.5. The number of nitrogen functional groups attached to an aromatic ring is 1. The standard InChI is InChI=1S/C19H22N2O2/c20-17-8-4-5-9-18(17)21-19(22)14-10-12-16(13-11-14)23-15-6-2-1-3-7-15/h4-5,8-13,15H,1-3,6-7,20H2,(H,21,22). The molecule has 120 valence electrons. The molecule has 0 saturated heterocycles. The monoisotopic (exact) mass is 310 g/mol. The van der Waals surface area contributed by atoms with Crippen LogP contribution in [0.5, 0.6) is 5.75 Å². The lowest BCUT2D eigenvalue weighted by Gasteiger charge is -2.23. The van der Waals surface area contributed by atoms with E-state index in [9.17, 15) is 4.79 Å². The number of amides is 1. The van der Waals surface area contributed by atoms with Gasteiger partial charge in [0.15, 0.2) is 0 Å². The van der Waals surface area contributed by atoms with Gasteiger partial charge >= 0.3 is 0 Å². The quantitative estimate of drug-likeness (QED) is 0.830. The second-order valence-electron chi connectivity index (χ2n) is 5.94. The molecule has 1 saturated carbocycles. The molecular weight excluding hydrogens is 288 g/mol. The molecule has 3 N–H and O–H groups in total. The Labute approximate surface area is 136 Å². The first-order valence-corrected chi connectivity index (χ1v) is 8.15. The van der Waals surface area contributed by atoms with Crippen LogP contribution in [0.25, 0.3) is 0 Å². The molecule has 3 rings (SSSR count). The second-order valence-corrected chi connectivity index (χ2v) is 5.94. The Morgan fingerprint density at radius 3 is 2.39 bits per heavy atom. The summed E-state index contributed by atoms with van der Waals surface area (Å²) < 4.78 is 5.98. The van der Waals surface area contributed by atoms with Crippen LogP contribution in [0.15, 0.2) is 48.5 Å². The van der Waals surface area contributed by atoms with Gasteiger partial charge < -0.3 is 15.8 Å². The highest BCUT2D eigenvalue weighted by molar-refractivity contribution is 6.05. The zero-order valence-electron chi connectivity index (χ0n) is 13.1. The third-order valence-corrected chi connectivity index (χ3v) is 4.18. The summed E-state index contributed by atoms with van der Waals surface area (Å²) in [4.78, 5) is 12.3. The molecule has 1 aliphatic rings. The van der Waals surface area contributed by atoms with E-state index in [4.69, 9.17) is 10.5 Å². The number of hydrogen-bond donors (Lipinski definition) is 2. The van der Waals surface area contributed by atoms with Gasteiger partial charge in [0.1, 0.15) is 5.75 Å². The fourth-order valence-corrected chi connectivity index (χ4v) is 2.87. The van der Waals surface area contributed by atoms with Gasteiger partial charge in [-0.05, 0) is 62.1 Å². The minimum atomic E-state index is -0.174. The largest absolute Gasteiger partial charge is 0.490 e. The van der Waals surface area contributed by atoms with E-state index >= 15 is 0 Å². The average molecular weight is 310 g/mol. The summed E-state index contributed by atoms with van der Waals surface area (Å²) in [6.45, 7) is 0. The fourth-order valence-electron chi connectivity index (χ4n) is 2.87. The Bertz CT molecular complexity index is 661. The number of rotatable bonds is 4. The average Bonchev–Trinajstić information content (AvgIpc) is 2.58. The highest BCUT2D eigenvalue weighted by atomic mass is 16.5. The molecule has 2 aromatic rings. The number of anilines is 2. The van der Waals surface area contributed by atoms with Crippen LogP contribution in [0, 0.1) is 0 Å². The molecule has 1 amide bonds. The maximum Gasteiger partial charge on any atom is 0.255 e. The lowest BCUT2D eigenvalue weighted by Crippen LogP contribution is -2.19. The van der Waals surface area contributed by atoms with Crippen molar-refractivity contribution in [2.75, 3.05) is 11.1 Å². The van der Waals surface area contributed by atoms with Crippen LogP contribution in [0.2, 0.25) is 0 Å². The molecule has 0 unspecified atom stereocenters. The highest BCUT2D eigenvalue weighted by Crippen LogP contribution is 2.24. The van der Waals surface area contributed by atoms with E-state index in [0.717, 1.165) is 18.6 Å². The Kier molecular flexibility index (Phi) is 4.81. The zero-order valence-corrected chi connectivity index (χ0v) is 13.1. The molecule has 0 radical (unpaired) electrons. The fraction of sp³-hybridized carbons (Fsp3) is 0.316. The predicted octanol–water partition coefficient (Wildman–Crippen LogP) is 4.23. The van der Waals surface area contributed by atoms with Gasteiger partial charge in [0.25, 0.3) is 5.91 Å². The summed E-state index contributed by atoms with van der Waals surface area (Å²) >= 11 is 0. The van der Waals surface area contributed by atoms with Crippen molar-refractivity contribution in [3.63, 3.8) is 0 Å². The van der Waals surface area contributed by atoms with Crippen molar-refractivity contribution in [2.24, 2.45) is 0 Å². The lowest BCUT2D eigenvalue weighted by atomic mass is 9.98. The molecular formula is C19H22N2O2. The first-order valence-electron chi connectivity index (χ1n) is 8.15. The molecule has 0 spiro atoms. The summed E-state index contributed by atoms with van der Waals surface area (Å²) in [5, 5.41) is 2.82. The number of para-hydroxylation sites is 2. The number of hydrogen-bond acceptors (Lipinski definition) is 3. The number of ether oxygens (including phenoxy) is 1. The predicted molar refractivity (Wildman–Crippen MR) is 92.8 cm³/mol. The topological polar surface area (TPSA) is 64.3 Å². The molecule has 0 bridgehead atoms. The van der Waals surface area contributed by atoms with Gasteiger partial charge in [-0.2, -0.15) is 0 Å². The van der Waals surface area contributed by atoms with Crippen molar-refractivity contribution >= 4 is 17.3 Å². The van der Waals surface area contributed by atoms with Crippen molar-refractivity contribution in [2.45, 2.75) is 38.2 Å². The maximum absolute atomic E-state index is 12.3. The molecule has 2 aromatic carbocycles. The molecule has 4 nitrogen and oxygen atoms in total. The Morgan fingerprint density at radius 1 is 1.00 bits per heavy atom. The van der Waals surface area contributed by atoms with Crippen LogP contribution < -0.4 is 15.8 Å². The van der Waals surface area contributed by atoms with Gasteiger partial charge in [0.05, 0.1) is 17.5 Å². The minimum Gasteiger partial charge on any atom is -0.490 e. The Hall–Kier alpha value is -2.49. The van der Waals surface area contributed by atoms with Crippen molar-refractivity contribution in [1.82, 2.24) is 0 Å². The van der Waals surface area contributed by atoms with Crippen LogP contribution >= 0.6 is 0 Å². The summed E-state index contributed by atoms with van der Waals surface area (Å²) in [5.41, 5.74) is 7.61. The molecule has 23 heavy (non-hydrogen) atoms. The molecule has 1 fully saturated rings. The number of carbonyl (C=O) groups is 1. The second kappa shape index (κ2) is 7.18. The van der Waals surface area contributed by atoms with Gasteiger partial charge in [-0.3, -0.25) is 4.79 Å². The third kappa shape index (κ3) is 4.03. The normalized spacial score (nSPS) is 15.1. The van der Waals surface area contributed by atoms with Crippen LogP contribution in [0.1, 0.15) is 42.5 Å². The van der Waals surface area contributed by atoms with Crippen molar-refractivity contribution in [3.8, 4) is 5.75 Å². The van der Waals surface area contributed by atoms with Gasteiger partial charge in [-0.15, -0.1) is 0 Å². The Balaban J connectivity index is 1.62. The number of nitrogens with two attached hydrogens (primary N) is 1. The van der Waals surface area contributed by atoms with Gasteiger partial charge in [0.2, 0.25) is 0 Å². The van der Waals surface area contributed by atoms with E-state index < -0.39 is 0 Å². The molecule has 1 aliphatic carbocycles. The highest BCUT2D eigenvalue weighted by Gasteiger charge is 2.15. The lowest BCUT2D eigenvalue weighted by molar-refractivity contribution is 0.102. The van der Waals surface area contributed by atoms with Crippen LogP contribution in [0.3, 0.4) is 0 Å².